The van der Waals surface area contributed by atoms with Crippen LogP contribution in [0.5, 0.6) is 0 Å². The number of Topliss-reactive ketones (excluding diaryl/α,β-unsaturated/α-hetero) is 1. The first-order valence-corrected chi connectivity index (χ1v) is 20.1. The molecule has 0 saturated carbocycles. The molecule has 0 aliphatic rings. The van der Waals surface area contributed by atoms with Gasteiger partial charge in [-0.2, -0.15) is 0 Å². The van der Waals surface area contributed by atoms with Crippen molar-refractivity contribution in [3.05, 3.63) is 12.7 Å². The molecule has 0 aliphatic heterocycles. The van der Waals surface area contributed by atoms with E-state index in [9.17, 15) is 19.2 Å². The molecule has 0 saturated heterocycles. The SMILES string of the molecule is C=CC(=O)C[C@H](CC(=O)OC)O[Si](C)(C)C(C)(C)C.COC(=O)C[C@@H](CC(=O)CI)O[Si](C)(C)C(C)(C)C.[I-].[V]. The first-order chi connectivity index (χ1) is 17.1. The van der Waals surface area contributed by atoms with Crippen molar-refractivity contribution in [1.29, 1.82) is 0 Å². The standard InChI is InChI=1S/C14H26O4Si.C13H25IO4Si.HI.V/c1-8-11(15)9-12(10-13(16)17-5)18-19(6,7)14(2,3)4;1-13(2,3)19(5,6)18-11(7-10(15)9-14)8-12(16)17-4;;/h8,12H,1,9-10H2,2-7H3;11H,7-9H2,1-6H3;1H;/p-1/t12-;11-;;/m11../s1. The smallest absolute Gasteiger partial charge is 0.308 e. The molecule has 0 heterocycles. The number of esters is 2. The van der Waals surface area contributed by atoms with Gasteiger partial charge in [0.25, 0.3) is 0 Å². The number of methoxy groups -OCH3 is 2. The molecule has 235 valence electrons. The number of allylic oxidation sites excluding steroid dienone is 1. The first-order valence-electron chi connectivity index (χ1n) is 12.8. The van der Waals surface area contributed by atoms with Crippen molar-refractivity contribution >= 4 is 62.7 Å². The summed E-state index contributed by atoms with van der Waals surface area (Å²) in [6.07, 6.45) is 1.16. The van der Waals surface area contributed by atoms with Crippen LogP contribution in [0, 0.1) is 0 Å². The second-order valence-corrected chi connectivity index (χ2v) is 22.6. The third-order valence-electron chi connectivity index (χ3n) is 7.04. The molecule has 40 heavy (non-hydrogen) atoms. The van der Waals surface area contributed by atoms with E-state index in [4.69, 9.17) is 8.85 Å². The van der Waals surface area contributed by atoms with E-state index in [0.717, 1.165) is 0 Å². The van der Waals surface area contributed by atoms with E-state index in [2.05, 4.69) is 83.8 Å². The summed E-state index contributed by atoms with van der Waals surface area (Å²) in [4.78, 5) is 45.9. The Morgan fingerprint density at radius 3 is 1.32 bits per heavy atom. The van der Waals surface area contributed by atoms with Gasteiger partial charge in [0.05, 0.1) is 43.7 Å². The van der Waals surface area contributed by atoms with Crippen LogP contribution in [-0.4, -0.2) is 71.0 Å². The van der Waals surface area contributed by atoms with Crippen LogP contribution >= 0.6 is 22.6 Å². The fourth-order valence-corrected chi connectivity index (χ4v) is 5.67. The fourth-order valence-electron chi connectivity index (χ4n) is 2.65. The summed E-state index contributed by atoms with van der Waals surface area (Å²) < 4.78 is 22.1. The van der Waals surface area contributed by atoms with Gasteiger partial charge in [-0.3, -0.25) is 19.2 Å². The van der Waals surface area contributed by atoms with Crippen LogP contribution in [-0.2, 0) is 56.1 Å². The largest absolute Gasteiger partial charge is 1.00 e. The summed E-state index contributed by atoms with van der Waals surface area (Å²) in [5, 5.41) is 0.0767. The molecule has 1 radical (unpaired) electrons. The van der Waals surface area contributed by atoms with E-state index >= 15 is 0 Å². The average Bonchev–Trinajstić information content (AvgIpc) is 2.76. The molecule has 0 N–H and O–H groups in total. The van der Waals surface area contributed by atoms with E-state index in [1.54, 1.807) is 0 Å². The Bertz CT molecular complexity index is 791. The molecule has 8 nitrogen and oxygen atoms in total. The first kappa shape index (κ1) is 47.4. The maximum absolute atomic E-state index is 11.6. The maximum Gasteiger partial charge on any atom is 0.308 e. The Labute approximate surface area is 287 Å². The van der Waals surface area contributed by atoms with Crippen molar-refractivity contribution < 1.29 is 80.0 Å². The number of rotatable bonds is 14. The van der Waals surface area contributed by atoms with Crippen LogP contribution in [0.25, 0.3) is 0 Å². The van der Waals surface area contributed by atoms with Crippen molar-refractivity contribution in [3.8, 4) is 0 Å². The fraction of sp³-hybridized carbons (Fsp3) is 0.778. The zero-order chi connectivity index (χ0) is 30.5. The molecule has 0 bridgehead atoms. The van der Waals surface area contributed by atoms with Crippen LogP contribution in [0.1, 0.15) is 67.2 Å². The van der Waals surface area contributed by atoms with Gasteiger partial charge in [-0.25, -0.2) is 0 Å². The molecule has 13 heteroatoms. The van der Waals surface area contributed by atoms with Gasteiger partial charge in [-0.1, -0.05) is 70.7 Å². The Kier molecular flexibility index (Phi) is 25.1. The van der Waals surface area contributed by atoms with Crippen LogP contribution < -0.4 is 24.0 Å². The summed E-state index contributed by atoms with van der Waals surface area (Å²) in [5.74, 6) is -0.702. The van der Waals surface area contributed by atoms with Gasteiger partial charge in [0.15, 0.2) is 22.4 Å². The molecule has 2 atom stereocenters. The van der Waals surface area contributed by atoms with Gasteiger partial charge in [-0.15, -0.1) is 0 Å². The molecule has 0 fully saturated rings. The summed E-state index contributed by atoms with van der Waals surface area (Å²) in [5.41, 5.74) is 0. The molecule has 0 aliphatic carbocycles. The third kappa shape index (κ3) is 19.6. The number of alkyl halides is 1. The third-order valence-corrected chi connectivity index (χ3v) is 17.0. The van der Waals surface area contributed by atoms with Gasteiger partial charge in [-0.05, 0) is 42.3 Å². The van der Waals surface area contributed by atoms with E-state index in [-0.39, 0.29) is 108 Å². The summed E-state index contributed by atoms with van der Waals surface area (Å²) in [6.45, 7) is 24.6. The number of hydrogen-bond acceptors (Lipinski definition) is 8. The molecule has 0 unspecified atom stereocenters. The van der Waals surface area contributed by atoms with Gasteiger partial charge in [0.1, 0.15) is 5.78 Å². The van der Waals surface area contributed by atoms with Crippen LogP contribution in [0.3, 0.4) is 0 Å². The van der Waals surface area contributed by atoms with Crippen LogP contribution in [0.15, 0.2) is 12.7 Å². The summed E-state index contributed by atoms with van der Waals surface area (Å²) in [7, 11) is -1.32. The van der Waals surface area contributed by atoms with E-state index in [1.807, 2.05) is 22.6 Å². The molecular formula is C27H51I2O8Si2V-. The van der Waals surface area contributed by atoms with Gasteiger partial charge in [0.2, 0.25) is 0 Å². The number of ether oxygens (including phenoxy) is 2. The molecule has 0 rings (SSSR count). The summed E-state index contributed by atoms with van der Waals surface area (Å²) in [6, 6.07) is 0. The van der Waals surface area contributed by atoms with Crippen LogP contribution in [0.4, 0.5) is 0 Å². The number of ketones is 2. The van der Waals surface area contributed by atoms with Gasteiger partial charge >= 0.3 is 11.9 Å². The van der Waals surface area contributed by atoms with Gasteiger partial charge < -0.3 is 42.3 Å². The number of carbonyl (C=O) groups is 4. The zero-order valence-corrected chi connectivity index (χ0v) is 34.2. The minimum atomic E-state index is -2.02. The number of carbonyl (C=O) groups excluding carboxylic acids is 4. The van der Waals surface area contributed by atoms with E-state index in [1.165, 1.54) is 20.3 Å². The Morgan fingerprint density at radius 1 is 0.750 bits per heavy atom. The Hall–Kier alpha value is 0.418. The second kappa shape index (κ2) is 21.2. The molecular weight excluding hydrogens is 813 g/mol. The molecule has 0 spiro atoms. The quantitative estimate of drug-likeness (QED) is 0.0862. The van der Waals surface area contributed by atoms with Gasteiger partial charge in [0, 0.05) is 31.4 Å². The normalized spacial score (nSPS) is 13.2. The van der Waals surface area contributed by atoms with Crippen molar-refractivity contribution in [2.45, 2.75) is 116 Å². The van der Waals surface area contributed by atoms with Crippen molar-refractivity contribution in [3.63, 3.8) is 0 Å². The van der Waals surface area contributed by atoms with E-state index in [0.29, 0.717) is 4.43 Å². The molecule has 0 aromatic rings. The van der Waals surface area contributed by atoms with Crippen LogP contribution in [0.2, 0.25) is 36.3 Å². The zero-order valence-electron chi connectivity index (χ0n) is 26.4. The second-order valence-electron chi connectivity index (χ2n) is 12.3. The summed E-state index contributed by atoms with van der Waals surface area (Å²) >= 11 is 2.03. The van der Waals surface area contributed by atoms with Crippen molar-refractivity contribution in [2.24, 2.45) is 0 Å². The predicted molar refractivity (Wildman–Crippen MR) is 166 cm³/mol. The average molecular weight is 865 g/mol. The maximum atomic E-state index is 11.6. The van der Waals surface area contributed by atoms with Crippen molar-refractivity contribution in [2.75, 3.05) is 18.6 Å². The molecule has 0 amide bonds. The Morgan fingerprint density at radius 2 is 1.07 bits per heavy atom. The Balaban J connectivity index is -0.000000309. The topological polar surface area (TPSA) is 105 Å². The minimum Gasteiger partial charge on any atom is -1.00 e. The predicted octanol–water partition coefficient (Wildman–Crippen LogP) is 3.42. The molecule has 0 aromatic heterocycles. The number of halogens is 2. The monoisotopic (exact) mass is 864 g/mol. The molecule has 0 aromatic carbocycles. The van der Waals surface area contributed by atoms with Crippen molar-refractivity contribution in [1.82, 2.24) is 0 Å². The van der Waals surface area contributed by atoms with E-state index < -0.39 is 22.7 Å². The minimum absolute atomic E-state index is 0. The number of hydrogen-bond donors (Lipinski definition) is 0.